The van der Waals surface area contributed by atoms with E-state index in [2.05, 4.69) is 21.6 Å². The molecule has 2 aromatic carbocycles. The average Bonchev–Trinajstić information content (AvgIpc) is 3.34. The first-order valence-electron chi connectivity index (χ1n) is 13.4. The number of alkyl halides is 4. The molecule has 0 radical (unpaired) electrons. The topological polar surface area (TPSA) is 116 Å². The minimum Gasteiger partial charge on any atom is -0.496 e. The Morgan fingerprint density at radius 2 is 1.88 bits per heavy atom. The monoisotopic (exact) mass is 598 g/mol. The predicted octanol–water partition coefficient (Wildman–Crippen LogP) is 4.56. The zero-order valence-electron chi connectivity index (χ0n) is 23.2. The van der Waals surface area contributed by atoms with Crippen molar-refractivity contribution in [2.75, 3.05) is 26.9 Å². The van der Waals surface area contributed by atoms with Crippen LogP contribution in [0.15, 0.2) is 36.7 Å². The lowest BCUT2D eigenvalue weighted by atomic mass is 9.97. The highest BCUT2D eigenvalue weighted by Crippen LogP contribution is 2.41. The molecule has 10 nitrogen and oxygen atoms in total. The lowest BCUT2D eigenvalue weighted by Gasteiger charge is -2.33. The molecule has 6 rings (SSSR count). The van der Waals surface area contributed by atoms with Gasteiger partial charge >= 0.3 is 6.61 Å². The van der Waals surface area contributed by atoms with Crippen LogP contribution in [0.4, 0.5) is 17.6 Å². The van der Waals surface area contributed by atoms with Gasteiger partial charge in [-0.15, -0.1) is 0 Å². The summed E-state index contributed by atoms with van der Waals surface area (Å²) in [5.41, 5.74) is -0.730. The molecule has 1 aliphatic heterocycles. The number of rotatable bonds is 10. The van der Waals surface area contributed by atoms with Crippen molar-refractivity contribution in [1.82, 2.24) is 24.9 Å². The number of carbonyl (C=O) groups excluding carboxylic acids is 1. The Bertz CT molecular complexity index is 1770. The summed E-state index contributed by atoms with van der Waals surface area (Å²) in [6, 6.07) is 8.22. The molecule has 4 aromatic rings. The largest absolute Gasteiger partial charge is 0.496 e. The molecule has 14 heteroatoms. The molecule has 1 saturated heterocycles. The Balaban J connectivity index is 1.41. The molecule has 2 fully saturated rings. The Morgan fingerprint density at radius 3 is 2.51 bits per heavy atom. The summed E-state index contributed by atoms with van der Waals surface area (Å²) in [4.78, 5) is 13.0. The van der Waals surface area contributed by atoms with Gasteiger partial charge in [-0.3, -0.25) is 14.2 Å². The average molecular weight is 599 g/mol. The minimum atomic E-state index is -3.27. The van der Waals surface area contributed by atoms with Crippen LogP contribution in [-0.4, -0.2) is 70.3 Å². The summed E-state index contributed by atoms with van der Waals surface area (Å²) < 4.78 is 73.7. The van der Waals surface area contributed by atoms with Crippen molar-refractivity contribution in [3.8, 4) is 40.0 Å². The highest BCUT2D eigenvalue weighted by atomic mass is 19.3. The second-order valence-corrected chi connectivity index (χ2v) is 10.8. The van der Waals surface area contributed by atoms with E-state index in [0.29, 0.717) is 40.6 Å². The number of benzene rings is 2. The third-order valence-corrected chi connectivity index (χ3v) is 7.55. The van der Waals surface area contributed by atoms with Gasteiger partial charge in [-0.05, 0) is 42.7 Å². The van der Waals surface area contributed by atoms with E-state index in [-0.39, 0.29) is 48.7 Å². The van der Waals surface area contributed by atoms with Gasteiger partial charge in [-0.2, -0.15) is 24.2 Å². The number of aromatic nitrogens is 4. The number of aryl methyl sites for hydroxylation is 1. The molecule has 2 aromatic heterocycles. The standard InChI is InChI=1S/C29H26F4N6O4/c1-38-25(17-7-21(41-2)24(22(8-17)43-27(30)31)26(40)35-12-28(32)3-4-28)23-18(9-34)5-16(6-20(23)37-38)19-10-36-39(11-19)13-29(33)14-42-15-29/h5-8,10-11,27H,3-4,12-15H2,1-2H3,(H,35,40). The maximum Gasteiger partial charge on any atom is 0.387 e. The highest BCUT2D eigenvalue weighted by molar-refractivity contribution is 6.03. The second kappa shape index (κ2) is 10.6. The lowest BCUT2D eigenvalue weighted by molar-refractivity contribution is -0.138. The van der Waals surface area contributed by atoms with Gasteiger partial charge in [0.15, 0.2) is 5.67 Å². The summed E-state index contributed by atoms with van der Waals surface area (Å²) >= 11 is 0. The number of nitriles is 1. The molecule has 2 aliphatic rings. The van der Waals surface area contributed by atoms with Crippen molar-refractivity contribution >= 4 is 16.8 Å². The number of amides is 1. The smallest absolute Gasteiger partial charge is 0.387 e. The van der Waals surface area contributed by atoms with Crippen LogP contribution < -0.4 is 14.8 Å². The van der Waals surface area contributed by atoms with Gasteiger partial charge in [-0.25, -0.2) is 8.78 Å². The van der Waals surface area contributed by atoms with Crippen LogP contribution in [0, 0.1) is 11.3 Å². The van der Waals surface area contributed by atoms with E-state index in [1.807, 2.05) is 0 Å². The molecular formula is C29H26F4N6O4. The van der Waals surface area contributed by atoms with Crippen molar-refractivity contribution in [2.45, 2.75) is 37.3 Å². The number of hydrogen-bond acceptors (Lipinski definition) is 7. The third kappa shape index (κ3) is 5.48. The van der Waals surface area contributed by atoms with Crippen LogP contribution in [-0.2, 0) is 18.3 Å². The molecule has 0 unspecified atom stereocenters. The quantitative estimate of drug-likeness (QED) is 0.266. The summed E-state index contributed by atoms with van der Waals surface area (Å²) in [5.74, 6) is -1.40. The van der Waals surface area contributed by atoms with E-state index in [9.17, 15) is 27.6 Å². The number of nitrogens with zero attached hydrogens (tertiary/aromatic N) is 5. The Morgan fingerprint density at radius 1 is 1.14 bits per heavy atom. The fourth-order valence-corrected chi connectivity index (χ4v) is 5.16. The Labute approximate surface area is 242 Å². The van der Waals surface area contributed by atoms with E-state index >= 15 is 0 Å². The van der Waals surface area contributed by atoms with Crippen molar-refractivity contribution in [3.63, 3.8) is 0 Å². The van der Waals surface area contributed by atoms with Gasteiger partial charge in [0.1, 0.15) is 22.7 Å². The van der Waals surface area contributed by atoms with E-state index in [1.165, 1.54) is 28.6 Å². The summed E-state index contributed by atoms with van der Waals surface area (Å²) in [5, 5.41) is 21.7. The molecule has 224 valence electrons. The molecule has 0 spiro atoms. The normalized spacial score (nSPS) is 16.5. The van der Waals surface area contributed by atoms with Crippen LogP contribution >= 0.6 is 0 Å². The van der Waals surface area contributed by atoms with E-state index in [4.69, 9.17) is 14.2 Å². The number of hydrogen-bond donors (Lipinski definition) is 1. The summed E-state index contributed by atoms with van der Waals surface area (Å²) in [6.45, 7) is -3.51. The molecule has 1 aliphatic carbocycles. The van der Waals surface area contributed by atoms with Crippen molar-refractivity contribution in [1.29, 1.82) is 5.26 Å². The van der Waals surface area contributed by atoms with Gasteiger partial charge in [0.2, 0.25) is 0 Å². The molecule has 3 heterocycles. The summed E-state index contributed by atoms with van der Waals surface area (Å²) in [6.07, 6.45) is 3.83. The SMILES string of the molecule is COc1cc(-c2c3c(C#N)cc(-c4cnn(CC5(F)COC5)c4)cc3nn2C)cc(OC(F)F)c1C(=O)NCC1(F)CC1. The van der Waals surface area contributed by atoms with E-state index in [0.717, 1.165) is 0 Å². The van der Waals surface area contributed by atoms with Crippen molar-refractivity contribution in [3.05, 3.63) is 47.8 Å². The molecule has 0 bridgehead atoms. The zero-order chi connectivity index (χ0) is 30.5. The highest BCUT2D eigenvalue weighted by Gasteiger charge is 2.43. The third-order valence-electron chi connectivity index (χ3n) is 7.55. The van der Waals surface area contributed by atoms with Gasteiger partial charge in [0, 0.05) is 29.8 Å². The van der Waals surface area contributed by atoms with E-state index < -0.39 is 29.6 Å². The molecule has 1 amide bonds. The first kappa shape index (κ1) is 28.5. The fourth-order valence-electron chi connectivity index (χ4n) is 5.16. The van der Waals surface area contributed by atoms with Crippen molar-refractivity contribution < 1.29 is 36.6 Å². The number of methoxy groups -OCH3 is 1. The molecule has 1 N–H and O–H groups in total. The number of carbonyl (C=O) groups is 1. The number of ether oxygens (including phenoxy) is 3. The van der Waals surface area contributed by atoms with Gasteiger partial charge in [0.25, 0.3) is 5.91 Å². The number of fused-ring (bicyclic) bond motifs is 1. The molecular weight excluding hydrogens is 572 g/mol. The Hall–Kier alpha value is -4.64. The maximum absolute atomic E-state index is 14.5. The van der Waals surface area contributed by atoms with Gasteiger partial charge < -0.3 is 19.5 Å². The van der Waals surface area contributed by atoms with Crippen molar-refractivity contribution in [2.24, 2.45) is 7.05 Å². The van der Waals surface area contributed by atoms with Gasteiger partial charge in [0.05, 0.1) is 62.5 Å². The van der Waals surface area contributed by atoms with E-state index in [1.54, 1.807) is 31.6 Å². The Kier molecular flexibility index (Phi) is 7.00. The van der Waals surface area contributed by atoms with Gasteiger partial charge in [-0.1, -0.05) is 0 Å². The summed E-state index contributed by atoms with van der Waals surface area (Å²) in [7, 11) is 2.88. The minimum absolute atomic E-state index is 0.00225. The first-order chi connectivity index (χ1) is 20.5. The predicted molar refractivity (Wildman–Crippen MR) is 145 cm³/mol. The lowest BCUT2D eigenvalue weighted by Crippen LogP contribution is -2.48. The fraction of sp³-hybridized carbons (Fsp3) is 0.379. The van der Waals surface area contributed by atoms with Crippen LogP contribution in [0.3, 0.4) is 0 Å². The second-order valence-electron chi connectivity index (χ2n) is 10.8. The number of halogens is 4. The molecule has 43 heavy (non-hydrogen) atoms. The zero-order valence-corrected chi connectivity index (χ0v) is 23.2. The first-order valence-corrected chi connectivity index (χ1v) is 13.4. The maximum atomic E-state index is 14.5. The number of nitrogens with one attached hydrogen (secondary N) is 1. The van der Waals surface area contributed by atoms with Crippen LogP contribution in [0.1, 0.15) is 28.8 Å². The molecule has 0 atom stereocenters. The van der Waals surface area contributed by atoms with Crippen LogP contribution in [0.25, 0.3) is 33.3 Å². The van der Waals surface area contributed by atoms with Crippen LogP contribution in [0.5, 0.6) is 11.5 Å². The molecule has 1 saturated carbocycles. The van der Waals surface area contributed by atoms with Crippen LogP contribution in [0.2, 0.25) is 0 Å².